The van der Waals surface area contributed by atoms with Crippen LogP contribution in [0.2, 0.25) is 0 Å². The van der Waals surface area contributed by atoms with Gasteiger partial charge in [-0.1, -0.05) is 72.8 Å². The molecule has 6 aromatic heterocycles. The van der Waals surface area contributed by atoms with Gasteiger partial charge in [-0.2, -0.15) is 0 Å². The number of nitrogens with zero attached hydrogens (tertiary/aromatic N) is 2. The number of thiophene rings is 2. The second-order valence-electron chi connectivity index (χ2n) is 13.8. The summed E-state index contributed by atoms with van der Waals surface area (Å²) in [5.41, 5.74) is 4.96. The number of aromatic amines is 2. The van der Waals surface area contributed by atoms with Crippen molar-refractivity contribution in [3.8, 4) is 23.2 Å². The fraction of sp³-hybridized carbons (Fsp3) is 0.0222. The molecule has 0 aliphatic heterocycles. The molecule has 8 nitrogen and oxygen atoms in total. The highest BCUT2D eigenvalue weighted by Crippen LogP contribution is 2.40. The van der Waals surface area contributed by atoms with E-state index in [0.29, 0.717) is 39.6 Å². The number of hydrogen-bond acceptors (Lipinski definition) is 8. The molecule has 6 heterocycles. The summed E-state index contributed by atoms with van der Waals surface area (Å²) < 4.78 is 16.5. The lowest BCUT2D eigenvalue weighted by Gasteiger charge is -2.08. The minimum absolute atomic E-state index is 0.202. The van der Waals surface area contributed by atoms with Crippen LogP contribution in [0.4, 0.5) is 0 Å². The molecule has 6 aromatic carbocycles. The molecule has 55 heavy (non-hydrogen) atoms. The number of rotatable bonds is 4. The lowest BCUT2D eigenvalue weighted by Crippen LogP contribution is -2.05. The van der Waals surface area contributed by atoms with Gasteiger partial charge in [0.1, 0.15) is 11.4 Å². The Labute approximate surface area is 316 Å². The zero-order chi connectivity index (χ0) is 36.4. The second-order valence-corrected chi connectivity index (χ2v) is 15.9. The second kappa shape index (κ2) is 11.3. The molecule has 0 aliphatic carbocycles. The number of benzene rings is 6. The number of fused-ring (bicyclic) bond motifs is 10. The molecule has 10 heteroatoms. The Hall–Kier alpha value is -6.88. The van der Waals surface area contributed by atoms with Crippen molar-refractivity contribution < 1.29 is 8.83 Å². The third-order valence-electron chi connectivity index (χ3n) is 10.7. The van der Waals surface area contributed by atoms with Crippen molar-refractivity contribution in [2.75, 3.05) is 0 Å². The van der Waals surface area contributed by atoms with E-state index in [-0.39, 0.29) is 11.8 Å². The normalized spacial score (nSPS) is 12.2. The largest absolute Gasteiger partial charge is 0.401 e. The fourth-order valence-electron chi connectivity index (χ4n) is 8.11. The van der Waals surface area contributed by atoms with E-state index < -0.39 is 11.3 Å². The maximum Gasteiger partial charge on any atom is 0.347 e. The summed E-state index contributed by atoms with van der Waals surface area (Å²) >= 11 is 3.35. The van der Waals surface area contributed by atoms with Crippen LogP contribution in [0.1, 0.15) is 11.1 Å². The molecule has 12 rings (SSSR count). The lowest BCUT2D eigenvalue weighted by molar-refractivity contribution is 0.516. The summed E-state index contributed by atoms with van der Waals surface area (Å²) in [5, 5.41) is 7.00. The smallest absolute Gasteiger partial charge is 0.347 e. The van der Waals surface area contributed by atoms with Gasteiger partial charge in [0.15, 0.2) is 0 Å². The third-order valence-corrected chi connectivity index (χ3v) is 12.9. The molecule has 0 aliphatic rings. The Kier molecular flexibility index (Phi) is 6.29. The van der Waals surface area contributed by atoms with Crippen LogP contribution >= 0.6 is 22.7 Å². The fourth-order valence-corrected chi connectivity index (χ4v) is 10.3. The highest BCUT2D eigenvalue weighted by atomic mass is 32.1. The van der Waals surface area contributed by atoms with Crippen LogP contribution < -0.4 is 11.3 Å². The zero-order valence-corrected chi connectivity index (χ0v) is 30.2. The van der Waals surface area contributed by atoms with Crippen LogP contribution in [0, 0.1) is 0 Å². The van der Waals surface area contributed by atoms with E-state index in [4.69, 9.17) is 18.8 Å². The van der Waals surface area contributed by atoms with Crippen molar-refractivity contribution in [1.29, 1.82) is 0 Å². The van der Waals surface area contributed by atoms with Crippen LogP contribution in [-0.4, -0.2) is 19.9 Å². The van der Waals surface area contributed by atoms with Crippen molar-refractivity contribution >= 4 is 107 Å². The minimum atomic E-state index is -0.454. The molecule has 0 bridgehead atoms. The van der Waals surface area contributed by atoms with Gasteiger partial charge in [-0.05, 0) is 59.7 Å². The topological polar surface area (TPSA) is 118 Å². The highest BCUT2D eigenvalue weighted by Gasteiger charge is 2.24. The maximum atomic E-state index is 13.7. The Bertz CT molecular complexity index is 3470. The summed E-state index contributed by atoms with van der Waals surface area (Å²) in [5.74, 6) is 0.404. The van der Waals surface area contributed by atoms with Gasteiger partial charge >= 0.3 is 11.3 Å². The number of H-pyrrole nitrogens is 2. The molecule has 0 saturated heterocycles. The van der Waals surface area contributed by atoms with Crippen molar-refractivity contribution in [2.45, 2.75) is 6.42 Å². The molecule has 0 fully saturated rings. The SMILES string of the molecule is O=c1oc(-c2[nH]c3ccccc3c2Cc2c(-c3nc4cc5sc6ccccc6c5cc4c(=O)o3)[nH]c3ccccc23)nc2cc3sc4ccccc4c3cc12. The molecule has 0 saturated carbocycles. The Morgan fingerprint density at radius 1 is 0.455 bits per heavy atom. The first kappa shape index (κ1) is 30.6. The number of aromatic nitrogens is 4. The molecule has 12 aromatic rings. The van der Waals surface area contributed by atoms with Gasteiger partial charge in [0.2, 0.25) is 11.8 Å². The van der Waals surface area contributed by atoms with E-state index in [1.165, 1.54) is 0 Å². The monoisotopic (exact) mass is 748 g/mol. The molecule has 0 amide bonds. The quantitative estimate of drug-likeness (QED) is 0.185. The average Bonchev–Trinajstić information content (AvgIpc) is 3.97. The van der Waals surface area contributed by atoms with Gasteiger partial charge in [0, 0.05) is 68.6 Å². The van der Waals surface area contributed by atoms with Gasteiger partial charge in [0.25, 0.3) is 0 Å². The van der Waals surface area contributed by atoms with Crippen molar-refractivity contribution in [2.24, 2.45) is 0 Å². The van der Waals surface area contributed by atoms with Crippen LogP contribution in [0.15, 0.2) is 140 Å². The standard InChI is InChI=1S/C45H24N4O4S2/c50-44-30-17-26-24-11-3-7-15-36(24)54-38(26)20-34(30)48-42(52-44)40-28(22-9-1-5-13-32(22)46-40)19-29-23-10-2-6-14-33(23)47-41(29)43-49-35-21-39-27(18-31(35)45(51)53-43)25-12-4-8-16-37(25)55-39/h1-18,20-21,46-47H,19H2. The van der Waals surface area contributed by atoms with Gasteiger partial charge in [0.05, 0.1) is 21.8 Å². The molecule has 0 unspecified atom stereocenters. The first-order valence-corrected chi connectivity index (χ1v) is 19.4. The Balaban J connectivity index is 1.05. The molecule has 0 atom stereocenters. The summed E-state index contributed by atoms with van der Waals surface area (Å²) in [6.07, 6.45) is 0.385. The van der Waals surface area contributed by atoms with E-state index in [1.54, 1.807) is 22.7 Å². The molecular weight excluding hydrogens is 725 g/mol. The Morgan fingerprint density at radius 2 is 0.873 bits per heavy atom. The number of para-hydroxylation sites is 2. The average molecular weight is 749 g/mol. The Morgan fingerprint density at radius 3 is 1.35 bits per heavy atom. The minimum Gasteiger partial charge on any atom is -0.401 e. The highest BCUT2D eigenvalue weighted by molar-refractivity contribution is 7.26. The van der Waals surface area contributed by atoms with E-state index in [2.05, 4.69) is 34.2 Å². The van der Waals surface area contributed by atoms with Crippen molar-refractivity contribution in [3.63, 3.8) is 0 Å². The van der Waals surface area contributed by atoms with Gasteiger partial charge < -0.3 is 18.8 Å². The summed E-state index contributed by atoms with van der Waals surface area (Å²) in [7, 11) is 0. The predicted octanol–water partition coefficient (Wildman–Crippen LogP) is 11.3. The van der Waals surface area contributed by atoms with E-state index in [9.17, 15) is 9.59 Å². The van der Waals surface area contributed by atoms with Crippen molar-refractivity contribution in [3.05, 3.63) is 153 Å². The maximum absolute atomic E-state index is 13.7. The van der Waals surface area contributed by atoms with Gasteiger partial charge in [-0.25, -0.2) is 19.6 Å². The molecular formula is C45H24N4O4S2. The summed E-state index contributed by atoms with van der Waals surface area (Å²) in [6, 6.07) is 40.1. The van der Waals surface area contributed by atoms with E-state index in [1.807, 2.05) is 97.1 Å². The van der Waals surface area contributed by atoms with Crippen molar-refractivity contribution in [1.82, 2.24) is 19.9 Å². The number of hydrogen-bond donors (Lipinski definition) is 2. The molecule has 2 N–H and O–H groups in total. The lowest BCUT2D eigenvalue weighted by atomic mass is 9.98. The van der Waals surface area contributed by atoms with Crippen LogP contribution in [0.5, 0.6) is 0 Å². The summed E-state index contributed by atoms with van der Waals surface area (Å²) in [6.45, 7) is 0. The molecule has 0 radical (unpaired) electrons. The number of nitrogens with one attached hydrogen (secondary N) is 2. The first-order valence-electron chi connectivity index (χ1n) is 17.8. The molecule has 260 valence electrons. The molecule has 0 spiro atoms. The third kappa shape index (κ3) is 4.56. The van der Waals surface area contributed by atoms with E-state index >= 15 is 0 Å². The zero-order valence-electron chi connectivity index (χ0n) is 28.6. The summed E-state index contributed by atoms with van der Waals surface area (Å²) in [4.78, 5) is 44.4. The van der Waals surface area contributed by atoms with Crippen LogP contribution in [0.25, 0.3) is 107 Å². The predicted molar refractivity (Wildman–Crippen MR) is 224 cm³/mol. The first-order chi connectivity index (χ1) is 27.0. The van der Waals surface area contributed by atoms with Gasteiger partial charge in [-0.3, -0.25) is 0 Å². The van der Waals surface area contributed by atoms with Gasteiger partial charge in [-0.15, -0.1) is 22.7 Å². The van der Waals surface area contributed by atoms with E-state index in [0.717, 1.165) is 73.3 Å². The van der Waals surface area contributed by atoms with Crippen LogP contribution in [-0.2, 0) is 6.42 Å². The van der Waals surface area contributed by atoms with Crippen LogP contribution in [0.3, 0.4) is 0 Å².